The van der Waals surface area contributed by atoms with E-state index in [0.29, 0.717) is 11.4 Å². The lowest BCUT2D eigenvalue weighted by atomic mass is 9.92. The zero-order valence-corrected chi connectivity index (χ0v) is 15.0. The number of hydrogen-bond acceptors (Lipinski definition) is 3. The Bertz CT molecular complexity index is 984. The number of carbonyl (C=O) groups is 1. The number of nitrogens with zero attached hydrogens (tertiary/aromatic N) is 4. The molecule has 27 heavy (non-hydrogen) atoms. The van der Waals surface area contributed by atoms with Crippen molar-refractivity contribution in [3.05, 3.63) is 64.7 Å². The van der Waals surface area contributed by atoms with Crippen LogP contribution in [0.2, 0.25) is 0 Å². The van der Waals surface area contributed by atoms with Crippen LogP contribution in [0, 0.1) is 18.6 Å². The monoisotopic (exact) mass is 371 g/mol. The highest BCUT2D eigenvalue weighted by Crippen LogP contribution is 2.31. The van der Waals surface area contributed by atoms with Gasteiger partial charge in [0.15, 0.2) is 0 Å². The van der Waals surface area contributed by atoms with Gasteiger partial charge >= 0.3 is 0 Å². The third-order valence-corrected chi connectivity index (χ3v) is 4.93. The Hall–Kier alpha value is -3.03. The molecule has 0 saturated carbocycles. The number of aromatic nitrogens is 4. The summed E-state index contributed by atoms with van der Waals surface area (Å²) in [6.07, 6.45) is 3.99. The highest BCUT2D eigenvalue weighted by atomic mass is 19.1. The number of aryl methyl sites for hydroxylation is 2. The van der Waals surface area contributed by atoms with Crippen molar-refractivity contribution in [1.29, 1.82) is 0 Å². The standard InChI is InChI=1S/C19H19F2N5O/c1-11-6-17(24-25(11)2)19(27)23-16-4-3-5-18-15(16)10-22-26(18)14-8-12(20)7-13(21)9-14/h6-10,16H,3-5H2,1-2H3,(H,23,27)/t16-/m0/s1. The molecule has 6 nitrogen and oxygen atoms in total. The maximum atomic E-state index is 13.6. The molecule has 0 radical (unpaired) electrons. The quantitative estimate of drug-likeness (QED) is 0.770. The van der Waals surface area contributed by atoms with E-state index in [9.17, 15) is 13.6 Å². The van der Waals surface area contributed by atoms with Crippen molar-refractivity contribution in [2.45, 2.75) is 32.2 Å². The normalized spacial score (nSPS) is 16.2. The minimum Gasteiger partial charge on any atom is -0.344 e. The van der Waals surface area contributed by atoms with Crippen LogP contribution in [0.4, 0.5) is 8.78 Å². The van der Waals surface area contributed by atoms with Crippen LogP contribution in [0.3, 0.4) is 0 Å². The first-order valence-electron chi connectivity index (χ1n) is 8.77. The van der Waals surface area contributed by atoms with E-state index < -0.39 is 11.6 Å². The van der Waals surface area contributed by atoms with Crippen molar-refractivity contribution in [3.63, 3.8) is 0 Å². The number of rotatable bonds is 3. The fraction of sp³-hybridized carbons (Fsp3) is 0.316. The zero-order valence-electron chi connectivity index (χ0n) is 15.0. The van der Waals surface area contributed by atoms with Gasteiger partial charge in [-0.2, -0.15) is 10.2 Å². The number of benzene rings is 1. The second-order valence-electron chi connectivity index (χ2n) is 6.80. The van der Waals surface area contributed by atoms with Gasteiger partial charge in [-0.15, -0.1) is 0 Å². The Balaban J connectivity index is 1.63. The molecule has 1 N–H and O–H groups in total. The first-order chi connectivity index (χ1) is 12.9. The summed E-state index contributed by atoms with van der Waals surface area (Å²) in [4.78, 5) is 12.5. The van der Waals surface area contributed by atoms with E-state index in [1.165, 1.54) is 12.1 Å². The number of hydrogen-bond donors (Lipinski definition) is 1. The molecule has 1 aliphatic carbocycles. The molecular formula is C19H19F2N5O. The molecule has 8 heteroatoms. The molecule has 0 fully saturated rings. The Morgan fingerprint density at radius 1 is 1.22 bits per heavy atom. The van der Waals surface area contributed by atoms with Gasteiger partial charge in [0.1, 0.15) is 17.3 Å². The van der Waals surface area contributed by atoms with Gasteiger partial charge < -0.3 is 5.32 Å². The van der Waals surface area contributed by atoms with E-state index in [4.69, 9.17) is 0 Å². The maximum Gasteiger partial charge on any atom is 0.272 e. The van der Waals surface area contributed by atoms with Crippen LogP contribution in [0.15, 0.2) is 30.5 Å². The minimum atomic E-state index is -0.652. The molecule has 1 atom stereocenters. The molecule has 1 aromatic carbocycles. The lowest BCUT2D eigenvalue weighted by Gasteiger charge is -2.24. The van der Waals surface area contributed by atoms with E-state index >= 15 is 0 Å². The van der Waals surface area contributed by atoms with Crippen LogP contribution in [0.1, 0.15) is 46.3 Å². The van der Waals surface area contributed by atoms with E-state index in [1.807, 2.05) is 6.92 Å². The van der Waals surface area contributed by atoms with Gasteiger partial charge in [-0.1, -0.05) is 0 Å². The number of halogens is 2. The number of fused-ring (bicyclic) bond motifs is 1. The van der Waals surface area contributed by atoms with Gasteiger partial charge in [-0.3, -0.25) is 9.48 Å². The summed E-state index contributed by atoms with van der Waals surface area (Å²) in [6, 6.07) is 4.84. The van der Waals surface area contributed by atoms with Crippen LogP contribution in [0.25, 0.3) is 5.69 Å². The molecule has 0 bridgehead atoms. The average Bonchev–Trinajstić information content (AvgIpc) is 3.18. The SMILES string of the molecule is Cc1cc(C(=O)N[C@H]2CCCc3c2cnn3-c2cc(F)cc(F)c2)nn1C. The van der Waals surface area contributed by atoms with Crippen molar-refractivity contribution in [2.24, 2.45) is 7.05 Å². The highest BCUT2D eigenvalue weighted by Gasteiger charge is 2.27. The average molecular weight is 371 g/mol. The van der Waals surface area contributed by atoms with Gasteiger partial charge in [0.25, 0.3) is 5.91 Å². The predicted octanol–water partition coefficient (Wildman–Crippen LogP) is 3.00. The molecule has 0 unspecified atom stereocenters. The van der Waals surface area contributed by atoms with E-state index in [0.717, 1.165) is 42.3 Å². The molecule has 3 aromatic rings. The van der Waals surface area contributed by atoms with Crippen LogP contribution in [-0.4, -0.2) is 25.5 Å². The molecule has 1 amide bonds. The number of carbonyl (C=O) groups excluding carboxylic acids is 1. The van der Waals surface area contributed by atoms with Crippen LogP contribution < -0.4 is 5.32 Å². The van der Waals surface area contributed by atoms with Crippen molar-refractivity contribution in [2.75, 3.05) is 0 Å². The smallest absolute Gasteiger partial charge is 0.272 e. The van der Waals surface area contributed by atoms with Crippen LogP contribution in [0.5, 0.6) is 0 Å². The topological polar surface area (TPSA) is 64.7 Å². The molecule has 1 aliphatic rings. The molecule has 0 saturated heterocycles. The molecule has 0 aliphatic heterocycles. The summed E-state index contributed by atoms with van der Waals surface area (Å²) in [5.41, 5.74) is 3.31. The third kappa shape index (κ3) is 3.22. The maximum absolute atomic E-state index is 13.6. The Labute approximate surface area is 154 Å². The lowest BCUT2D eigenvalue weighted by molar-refractivity contribution is 0.0927. The molecule has 0 spiro atoms. The lowest BCUT2D eigenvalue weighted by Crippen LogP contribution is -2.31. The summed E-state index contributed by atoms with van der Waals surface area (Å²) < 4.78 is 30.3. The molecule has 2 heterocycles. The summed E-state index contributed by atoms with van der Waals surface area (Å²) in [6.45, 7) is 1.88. The van der Waals surface area contributed by atoms with E-state index in [1.54, 1.807) is 28.7 Å². The fourth-order valence-electron chi connectivity index (χ4n) is 3.49. The number of amides is 1. The largest absolute Gasteiger partial charge is 0.344 e. The van der Waals surface area contributed by atoms with Crippen LogP contribution in [-0.2, 0) is 13.5 Å². The molecule has 2 aromatic heterocycles. The molecular weight excluding hydrogens is 352 g/mol. The Morgan fingerprint density at radius 3 is 2.63 bits per heavy atom. The van der Waals surface area contributed by atoms with Gasteiger partial charge in [-0.05, 0) is 44.4 Å². The third-order valence-electron chi connectivity index (χ3n) is 4.93. The summed E-state index contributed by atoms with van der Waals surface area (Å²) in [5.74, 6) is -1.55. The second kappa shape index (κ2) is 6.61. The van der Waals surface area contributed by atoms with Gasteiger partial charge in [-0.25, -0.2) is 13.5 Å². The zero-order chi connectivity index (χ0) is 19.1. The summed E-state index contributed by atoms with van der Waals surface area (Å²) >= 11 is 0. The second-order valence-corrected chi connectivity index (χ2v) is 6.80. The Kier molecular flexibility index (Phi) is 4.25. The van der Waals surface area contributed by atoms with E-state index in [-0.39, 0.29) is 11.9 Å². The molecule has 4 rings (SSSR count). The van der Waals surface area contributed by atoms with Crippen LogP contribution >= 0.6 is 0 Å². The van der Waals surface area contributed by atoms with Crippen molar-refractivity contribution in [1.82, 2.24) is 24.9 Å². The summed E-state index contributed by atoms with van der Waals surface area (Å²) in [7, 11) is 1.78. The summed E-state index contributed by atoms with van der Waals surface area (Å²) in [5, 5.41) is 11.5. The van der Waals surface area contributed by atoms with E-state index in [2.05, 4.69) is 15.5 Å². The predicted molar refractivity (Wildman–Crippen MR) is 94.6 cm³/mol. The molecule has 140 valence electrons. The Morgan fingerprint density at radius 2 is 1.96 bits per heavy atom. The first kappa shape index (κ1) is 17.4. The van der Waals surface area contributed by atoms with Gasteiger partial charge in [0.2, 0.25) is 0 Å². The fourth-order valence-corrected chi connectivity index (χ4v) is 3.49. The van der Waals surface area contributed by atoms with Crippen molar-refractivity contribution in [3.8, 4) is 5.69 Å². The van der Waals surface area contributed by atoms with Gasteiger partial charge in [0, 0.05) is 30.1 Å². The van der Waals surface area contributed by atoms with Gasteiger partial charge in [0.05, 0.1) is 17.9 Å². The first-order valence-corrected chi connectivity index (χ1v) is 8.77. The number of nitrogens with one attached hydrogen (secondary N) is 1. The van der Waals surface area contributed by atoms with Crippen molar-refractivity contribution >= 4 is 5.91 Å². The minimum absolute atomic E-state index is 0.212. The van der Waals surface area contributed by atoms with Crippen molar-refractivity contribution < 1.29 is 13.6 Å². The highest BCUT2D eigenvalue weighted by molar-refractivity contribution is 5.92.